The Kier molecular flexibility index (Phi) is 4.18. The van der Waals surface area contributed by atoms with Crippen molar-refractivity contribution in [3.8, 4) is 0 Å². The van der Waals surface area contributed by atoms with E-state index < -0.39 is 6.10 Å². The average molecular weight is 299 g/mol. The monoisotopic (exact) mass is 299 g/mol. The fourth-order valence-electron chi connectivity index (χ4n) is 2.21. The number of benzene rings is 2. The number of aromatic nitrogens is 1. The van der Waals surface area contributed by atoms with Gasteiger partial charge in [-0.15, -0.1) is 11.8 Å². The van der Waals surface area contributed by atoms with Crippen molar-refractivity contribution < 1.29 is 9.50 Å². The van der Waals surface area contributed by atoms with Gasteiger partial charge >= 0.3 is 0 Å². The van der Waals surface area contributed by atoms with E-state index in [2.05, 4.69) is 4.98 Å². The van der Waals surface area contributed by atoms with Crippen molar-refractivity contribution in [3.63, 3.8) is 0 Å². The lowest BCUT2D eigenvalue weighted by Gasteiger charge is -2.13. The standard InChI is InChI=1S/C17H14FNOS/c18-12-6-8-13(9-7-12)21-11-17(20)15-3-1-5-16-14(15)4-2-10-19-16/h1-10,17,20H,11H2. The van der Waals surface area contributed by atoms with Gasteiger partial charge in [0.05, 0.1) is 11.6 Å². The Bertz CT molecular complexity index is 740. The van der Waals surface area contributed by atoms with Gasteiger partial charge in [0, 0.05) is 22.2 Å². The second kappa shape index (κ2) is 6.24. The highest BCUT2D eigenvalue weighted by atomic mass is 32.2. The van der Waals surface area contributed by atoms with Gasteiger partial charge < -0.3 is 5.11 Å². The summed E-state index contributed by atoms with van der Waals surface area (Å²) >= 11 is 1.50. The van der Waals surface area contributed by atoms with Gasteiger partial charge in [-0.1, -0.05) is 18.2 Å². The van der Waals surface area contributed by atoms with Crippen molar-refractivity contribution in [3.05, 3.63) is 72.2 Å². The number of aliphatic hydroxyl groups is 1. The van der Waals surface area contributed by atoms with E-state index in [0.29, 0.717) is 5.75 Å². The molecule has 2 nitrogen and oxygen atoms in total. The molecule has 1 heterocycles. The molecule has 0 aliphatic carbocycles. The Hall–Kier alpha value is -1.91. The highest BCUT2D eigenvalue weighted by molar-refractivity contribution is 7.99. The minimum Gasteiger partial charge on any atom is -0.388 e. The number of pyridine rings is 1. The minimum atomic E-state index is -0.590. The molecule has 3 aromatic rings. The number of hydrogen-bond acceptors (Lipinski definition) is 3. The molecule has 3 rings (SSSR count). The van der Waals surface area contributed by atoms with E-state index >= 15 is 0 Å². The summed E-state index contributed by atoms with van der Waals surface area (Å²) in [7, 11) is 0. The molecular weight excluding hydrogens is 285 g/mol. The number of hydrogen-bond donors (Lipinski definition) is 1. The highest BCUT2D eigenvalue weighted by Crippen LogP contribution is 2.28. The third kappa shape index (κ3) is 3.23. The smallest absolute Gasteiger partial charge is 0.123 e. The molecule has 0 saturated carbocycles. The minimum absolute atomic E-state index is 0.250. The van der Waals surface area contributed by atoms with Crippen LogP contribution in [-0.2, 0) is 0 Å². The van der Waals surface area contributed by atoms with Crippen LogP contribution in [0.2, 0.25) is 0 Å². The molecule has 1 unspecified atom stereocenters. The molecule has 0 bridgehead atoms. The molecular formula is C17H14FNOS. The molecule has 1 atom stereocenters. The number of halogens is 1. The maximum Gasteiger partial charge on any atom is 0.123 e. The van der Waals surface area contributed by atoms with Gasteiger partial charge in [0.25, 0.3) is 0 Å². The largest absolute Gasteiger partial charge is 0.388 e. The Morgan fingerprint density at radius 3 is 2.67 bits per heavy atom. The van der Waals surface area contributed by atoms with Gasteiger partial charge in [0.2, 0.25) is 0 Å². The molecule has 0 spiro atoms. The predicted molar refractivity (Wildman–Crippen MR) is 83.8 cm³/mol. The first-order valence-electron chi connectivity index (χ1n) is 6.64. The molecule has 0 saturated heterocycles. The van der Waals surface area contributed by atoms with Crippen LogP contribution in [-0.4, -0.2) is 15.8 Å². The van der Waals surface area contributed by atoms with Crippen LogP contribution in [0.25, 0.3) is 10.9 Å². The average Bonchev–Trinajstić information content (AvgIpc) is 2.53. The van der Waals surface area contributed by atoms with Crippen molar-refractivity contribution in [1.29, 1.82) is 0 Å². The first-order chi connectivity index (χ1) is 10.2. The summed E-state index contributed by atoms with van der Waals surface area (Å²) < 4.78 is 12.9. The zero-order chi connectivity index (χ0) is 14.7. The van der Waals surface area contributed by atoms with Crippen LogP contribution in [0.4, 0.5) is 4.39 Å². The zero-order valence-electron chi connectivity index (χ0n) is 11.2. The van der Waals surface area contributed by atoms with Crippen molar-refractivity contribution >= 4 is 22.7 Å². The summed E-state index contributed by atoms with van der Waals surface area (Å²) in [6, 6.07) is 15.9. The second-order valence-electron chi connectivity index (χ2n) is 4.70. The lowest BCUT2D eigenvalue weighted by Crippen LogP contribution is -2.01. The lowest BCUT2D eigenvalue weighted by atomic mass is 10.0. The van der Waals surface area contributed by atoms with Crippen molar-refractivity contribution in [2.24, 2.45) is 0 Å². The van der Waals surface area contributed by atoms with Crippen molar-refractivity contribution in [2.75, 3.05) is 5.75 Å². The quantitative estimate of drug-likeness (QED) is 0.733. The van der Waals surface area contributed by atoms with Crippen molar-refractivity contribution in [1.82, 2.24) is 4.98 Å². The van der Waals surface area contributed by atoms with E-state index in [9.17, 15) is 9.50 Å². The molecule has 0 aliphatic heterocycles. The van der Waals surface area contributed by atoms with E-state index in [1.54, 1.807) is 18.3 Å². The summed E-state index contributed by atoms with van der Waals surface area (Å²) in [5, 5.41) is 11.4. The van der Waals surface area contributed by atoms with E-state index in [0.717, 1.165) is 21.4 Å². The molecule has 2 aromatic carbocycles. The SMILES string of the molecule is OC(CSc1ccc(F)cc1)c1cccc2ncccc12. The van der Waals surface area contributed by atoms with E-state index in [-0.39, 0.29) is 5.82 Å². The molecule has 106 valence electrons. The van der Waals surface area contributed by atoms with Crippen LogP contribution in [0.1, 0.15) is 11.7 Å². The van der Waals surface area contributed by atoms with E-state index in [4.69, 9.17) is 0 Å². The first-order valence-corrected chi connectivity index (χ1v) is 7.63. The fraction of sp³-hybridized carbons (Fsp3) is 0.118. The zero-order valence-corrected chi connectivity index (χ0v) is 12.1. The molecule has 4 heteroatoms. The molecule has 0 aliphatic rings. The van der Waals surface area contributed by atoms with Gasteiger partial charge in [-0.3, -0.25) is 4.98 Å². The molecule has 0 fully saturated rings. The maximum absolute atomic E-state index is 12.9. The Morgan fingerprint density at radius 2 is 1.86 bits per heavy atom. The summed E-state index contributed by atoms with van der Waals surface area (Å²) in [4.78, 5) is 5.23. The van der Waals surface area contributed by atoms with Crippen LogP contribution in [0, 0.1) is 5.82 Å². The number of thioether (sulfide) groups is 1. The van der Waals surface area contributed by atoms with Gasteiger partial charge in [0.15, 0.2) is 0 Å². The highest BCUT2D eigenvalue weighted by Gasteiger charge is 2.12. The molecule has 21 heavy (non-hydrogen) atoms. The lowest BCUT2D eigenvalue weighted by molar-refractivity contribution is 0.205. The normalized spacial score (nSPS) is 12.5. The van der Waals surface area contributed by atoms with Crippen LogP contribution >= 0.6 is 11.8 Å². The van der Waals surface area contributed by atoms with E-state index in [1.807, 2.05) is 30.3 Å². The summed E-state index contributed by atoms with van der Waals surface area (Å²) in [5.41, 5.74) is 1.75. The third-order valence-corrected chi connectivity index (χ3v) is 4.35. The van der Waals surface area contributed by atoms with Gasteiger partial charge in [0.1, 0.15) is 5.82 Å². The van der Waals surface area contributed by atoms with Crippen molar-refractivity contribution in [2.45, 2.75) is 11.0 Å². The second-order valence-corrected chi connectivity index (χ2v) is 5.79. The van der Waals surface area contributed by atoms with E-state index in [1.165, 1.54) is 23.9 Å². The summed E-state index contributed by atoms with van der Waals surface area (Å²) in [6.45, 7) is 0. The summed E-state index contributed by atoms with van der Waals surface area (Å²) in [5.74, 6) is 0.264. The fourth-order valence-corrected chi connectivity index (χ4v) is 3.07. The third-order valence-electron chi connectivity index (χ3n) is 3.26. The molecule has 0 amide bonds. The first kappa shape index (κ1) is 14.0. The Labute approximate surface area is 126 Å². The maximum atomic E-state index is 12.9. The molecule has 1 aromatic heterocycles. The number of fused-ring (bicyclic) bond motifs is 1. The Balaban J connectivity index is 1.78. The van der Waals surface area contributed by atoms with Crippen LogP contribution in [0.3, 0.4) is 0 Å². The van der Waals surface area contributed by atoms with Gasteiger partial charge in [-0.2, -0.15) is 0 Å². The van der Waals surface area contributed by atoms with Crippen LogP contribution in [0.5, 0.6) is 0 Å². The topological polar surface area (TPSA) is 33.1 Å². The Morgan fingerprint density at radius 1 is 1.05 bits per heavy atom. The number of aliphatic hydroxyl groups excluding tert-OH is 1. The van der Waals surface area contributed by atoms with Crippen LogP contribution < -0.4 is 0 Å². The molecule has 0 radical (unpaired) electrons. The number of rotatable bonds is 4. The van der Waals surface area contributed by atoms with Crippen LogP contribution in [0.15, 0.2) is 65.7 Å². The van der Waals surface area contributed by atoms with Gasteiger partial charge in [-0.05, 0) is 42.0 Å². The van der Waals surface area contributed by atoms with Gasteiger partial charge in [-0.25, -0.2) is 4.39 Å². The predicted octanol–water partition coefficient (Wildman–Crippen LogP) is 4.20. The summed E-state index contributed by atoms with van der Waals surface area (Å²) in [6.07, 6.45) is 1.15. The molecule has 1 N–H and O–H groups in total. The number of nitrogens with zero attached hydrogens (tertiary/aromatic N) is 1.